The third-order valence-corrected chi connectivity index (χ3v) is 3.36. The molecular weight excluding hydrogens is 254 g/mol. The number of carboxylic acids is 1. The van der Waals surface area contributed by atoms with Crippen LogP contribution in [0.5, 0.6) is 0 Å². The van der Waals surface area contributed by atoms with Crippen molar-refractivity contribution in [3.63, 3.8) is 0 Å². The third kappa shape index (κ3) is 3.92. The lowest BCUT2D eigenvalue weighted by Crippen LogP contribution is -2.26. The van der Waals surface area contributed by atoms with E-state index in [9.17, 15) is 4.79 Å². The standard InChI is InChI=1S/C11H17N3O3S/c1-2-17-8(5-9(15)16)6-12-11-13-10(14-18-11)7-3-4-7/h7-8H,2-6H2,1H3,(H,15,16)(H,12,13,14). The summed E-state index contributed by atoms with van der Waals surface area (Å²) in [4.78, 5) is 15.0. The fraction of sp³-hybridized carbons (Fsp3) is 0.727. The van der Waals surface area contributed by atoms with Gasteiger partial charge in [-0.2, -0.15) is 4.37 Å². The minimum Gasteiger partial charge on any atom is -0.481 e. The van der Waals surface area contributed by atoms with Crippen LogP contribution in [0.2, 0.25) is 0 Å². The summed E-state index contributed by atoms with van der Waals surface area (Å²) < 4.78 is 9.63. The van der Waals surface area contributed by atoms with Crippen molar-refractivity contribution in [3.05, 3.63) is 5.82 Å². The van der Waals surface area contributed by atoms with Gasteiger partial charge in [0.2, 0.25) is 5.13 Å². The maximum atomic E-state index is 10.7. The summed E-state index contributed by atoms with van der Waals surface area (Å²) in [6.45, 7) is 2.80. The molecule has 1 aliphatic carbocycles. The predicted octanol–water partition coefficient (Wildman–Crippen LogP) is 1.71. The largest absolute Gasteiger partial charge is 0.481 e. The van der Waals surface area contributed by atoms with Crippen LogP contribution in [0.15, 0.2) is 0 Å². The Morgan fingerprint density at radius 2 is 2.44 bits per heavy atom. The Morgan fingerprint density at radius 1 is 1.67 bits per heavy atom. The monoisotopic (exact) mass is 271 g/mol. The number of ether oxygens (including phenoxy) is 1. The van der Waals surface area contributed by atoms with Crippen LogP contribution in [-0.4, -0.2) is 39.7 Å². The number of carbonyl (C=O) groups is 1. The number of nitrogens with one attached hydrogen (secondary N) is 1. The van der Waals surface area contributed by atoms with E-state index in [0.29, 0.717) is 19.1 Å². The van der Waals surface area contributed by atoms with Crippen LogP contribution >= 0.6 is 11.5 Å². The van der Waals surface area contributed by atoms with Gasteiger partial charge in [0, 0.05) is 30.6 Å². The highest BCUT2D eigenvalue weighted by Gasteiger charge is 2.27. The van der Waals surface area contributed by atoms with E-state index in [1.807, 2.05) is 6.92 Å². The van der Waals surface area contributed by atoms with Gasteiger partial charge < -0.3 is 15.2 Å². The van der Waals surface area contributed by atoms with Crippen LogP contribution < -0.4 is 5.32 Å². The number of rotatable bonds is 8. The molecule has 1 aromatic rings. The fourth-order valence-corrected chi connectivity index (χ4v) is 2.29. The second-order valence-electron chi connectivity index (χ2n) is 4.29. The lowest BCUT2D eigenvalue weighted by Gasteiger charge is -2.14. The Balaban J connectivity index is 1.81. The van der Waals surface area contributed by atoms with Gasteiger partial charge in [-0.1, -0.05) is 0 Å². The molecule has 1 fully saturated rings. The van der Waals surface area contributed by atoms with Gasteiger partial charge in [-0.25, -0.2) is 4.98 Å². The summed E-state index contributed by atoms with van der Waals surface area (Å²) in [6, 6.07) is 0. The summed E-state index contributed by atoms with van der Waals surface area (Å²) in [5, 5.41) is 12.6. The highest BCUT2D eigenvalue weighted by Crippen LogP contribution is 2.39. The zero-order valence-electron chi connectivity index (χ0n) is 10.3. The molecule has 2 rings (SSSR count). The number of carboxylic acid groups (broad SMARTS) is 1. The van der Waals surface area contributed by atoms with Gasteiger partial charge in [0.15, 0.2) is 0 Å². The first-order valence-electron chi connectivity index (χ1n) is 6.10. The minimum absolute atomic E-state index is 0.00484. The molecule has 1 atom stereocenters. The van der Waals surface area contributed by atoms with Crippen LogP contribution in [0.25, 0.3) is 0 Å². The molecule has 7 heteroatoms. The van der Waals surface area contributed by atoms with E-state index in [1.165, 1.54) is 24.4 Å². The molecule has 0 saturated heterocycles. The molecule has 0 bridgehead atoms. The molecule has 0 amide bonds. The second-order valence-corrected chi connectivity index (χ2v) is 5.04. The van der Waals surface area contributed by atoms with Crippen molar-refractivity contribution in [3.8, 4) is 0 Å². The number of anilines is 1. The van der Waals surface area contributed by atoms with Crippen molar-refractivity contribution in [2.75, 3.05) is 18.5 Å². The molecule has 1 saturated carbocycles. The van der Waals surface area contributed by atoms with Crippen molar-refractivity contribution in [1.29, 1.82) is 0 Å². The highest BCUT2D eigenvalue weighted by atomic mass is 32.1. The maximum Gasteiger partial charge on any atom is 0.306 e. The third-order valence-electron chi connectivity index (χ3n) is 2.67. The van der Waals surface area contributed by atoms with Gasteiger partial charge in [0.25, 0.3) is 0 Å². The van der Waals surface area contributed by atoms with E-state index in [-0.39, 0.29) is 12.5 Å². The van der Waals surface area contributed by atoms with Crippen molar-refractivity contribution < 1.29 is 14.6 Å². The first-order chi connectivity index (χ1) is 8.69. The topological polar surface area (TPSA) is 84.3 Å². The second kappa shape index (κ2) is 6.10. The maximum absolute atomic E-state index is 10.7. The Bertz CT molecular complexity index is 406. The van der Waals surface area contributed by atoms with E-state index in [4.69, 9.17) is 9.84 Å². The molecule has 6 nitrogen and oxygen atoms in total. The summed E-state index contributed by atoms with van der Waals surface area (Å²) in [5.41, 5.74) is 0. The molecule has 1 aromatic heterocycles. The first kappa shape index (κ1) is 13.2. The molecule has 0 aromatic carbocycles. The number of hydrogen-bond acceptors (Lipinski definition) is 6. The Hall–Kier alpha value is -1.21. The smallest absolute Gasteiger partial charge is 0.306 e. The average molecular weight is 271 g/mol. The van der Waals surface area contributed by atoms with Crippen LogP contribution in [0.1, 0.15) is 37.9 Å². The number of hydrogen-bond donors (Lipinski definition) is 2. The minimum atomic E-state index is -0.855. The Labute approximate surface area is 110 Å². The first-order valence-corrected chi connectivity index (χ1v) is 6.87. The number of aromatic nitrogens is 2. The molecular formula is C11H17N3O3S. The molecule has 1 heterocycles. The van der Waals surface area contributed by atoms with Gasteiger partial charge in [0.05, 0.1) is 12.5 Å². The molecule has 100 valence electrons. The normalized spacial score (nSPS) is 16.5. The highest BCUT2D eigenvalue weighted by molar-refractivity contribution is 7.09. The number of aliphatic carboxylic acids is 1. The molecule has 18 heavy (non-hydrogen) atoms. The van der Waals surface area contributed by atoms with Crippen LogP contribution in [-0.2, 0) is 9.53 Å². The molecule has 1 aliphatic rings. The van der Waals surface area contributed by atoms with Gasteiger partial charge in [-0.15, -0.1) is 0 Å². The van der Waals surface area contributed by atoms with E-state index < -0.39 is 5.97 Å². The van der Waals surface area contributed by atoms with Crippen LogP contribution in [0.4, 0.5) is 5.13 Å². The zero-order chi connectivity index (χ0) is 13.0. The Kier molecular flexibility index (Phi) is 4.48. The van der Waals surface area contributed by atoms with E-state index >= 15 is 0 Å². The van der Waals surface area contributed by atoms with E-state index in [0.717, 1.165) is 11.0 Å². The zero-order valence-corrected chi connectivity index (χ0v) is 11.1. The quantitative estimate of drug-likeness (QED) is 0.748. The lowest BCUT2D eigenvalue weighted by molar-refractivity contribution is -0.139. The van der Waals surface area contributed by atoms with E-state index in [2.05, 4.69) is 14.7 Å². The van der Waals surface area contributed by atoms with Gasteiger partial charge in [0.1, 0.15) is 5.82 Å². The van der Waals surface area contributed by atoms with Crippen LogP contribution in [0.3, 0.4) is 0 Å². The summed E-state index contributed by atoms with van der Waals surface area (Å²) in [7, 11) is 0. The molecule has 0 spiro atoms. The SMILES string of the molecule is CCOC(CNc1nc(C2CC2)ns1)CC(=O)O. The van der Waals surface area contributed by atoms with Crippen LogP contribution in [0, 0.1) is 0 Å². The van der Waals surface area contributed by atoms with Gasteiger partial charge in [-0.3, -0.25) is 4.79 Å². The fourth-order valence-electron chi connectivity index (χ4n) is 1.64. The van der Waals surface area contributed by atoms with Crippen molar-refractivity contribution in [2.24, 2.45) is 0 Å². The molecule has 0 aliphatic heterocycles. The summed E-state index contributed by atoms with van der Waals surface area (Å²) in [6.07, 6.45) is 2.02. The van der Waals surface area contributed by atoms with Crippen molar-refractivity contribution >= 4 is 22.6 Å². The molecule has 2 N–H and O–H groups in total. The van der Waals surface area contributed by atoms with Crippen molar-refractivity contribution in [1.82, 2.24) is 9.36 Å². The van der Waals surface area contributed by atoms with E-state index in [1.54, 1.807) is 0 Å². The van der Waals surface area contributed by atoms with Gasteiger partial charge in [-0.05, 0) is 19.8 Å². The predicted molar refractivity (Wildman–Crippen MR) is 68.0 cm³/mol. The summed E-state index contributed by atoms with van der Waals surface area (Å²) in [5.74, 6) is 0.596. The molecule has 1 unspecified atom stereocenters. The number of nitrogens with zero attached hydrogens (tertiary/aromatic N) is 2. The Morgan fingerprint density at radius 3 is 3.06 bits per heavy atom. The lowest BCUT2D eigenvalue weighted by atomic mass is 10.2. The average Bonchev–Trinajstić information content (AvgIpc) is 3.06. The van der Waals surface area contributed by atoms with Gasteiger partial charge >= 0.3 is 5.97 Å². The molecule has 0 radical (unpaired) electrons. The summed E-state index contributed by atoms with van der Waals surface area (Å²) >= 11 is 1.32. The van der Waals surface area contributed by atoms with Crippen molar-refractivity contribution in [2.45, 2.75) is 38.2 Å².